The molecular weight excluding hydrogens is 292 g/mol. The first-order valence-electron chi connectivity index (χ1n) is 7.01. The van der Waals surface area contributed by atoms with Crippen LogP contribution in [0.15, 0.2) is 70.3 Å². The fraction of sp³-hybridized carbons (Fsp3) is 0. The summed E-state index contributed by atoms with van der Waals surface area (Å²) in [5, 5.41) is 0.709. The molecular formula is C18H10N2O3. The van der Waals surface area contributed by atoms with E-state index in [0.717, 1.165) is 0 Å². The van der Waals surface area contributed by atoms with Crippen molar-refractivity contribution in [3.63, 3.8) is 0 Å². The summed E-state index contributed by atoms with van der Waals surface area (Å²) in [6.07, 6.45) is 4.31. The van der Waals surface area contributed by atoms with Gasteiger partial charge in [0, 0.05) is 18.0 Å². The zero-order chi connectivity index (χ0) is 15.8. The molecule has 0 aliphatic rings. The van der Waals surface area contributed by atoms with Crippen LogP contribution in [0.2, 0.25) is 0 Å². The summed E-state index contributed by atoms with van der Waals surface area (Å²) in [5.74, 6) is -0.355. The Balaban J connectivity index is 2.07. The van der Waals surface area contributed by atoms with E-state index in [0.29, 0.717) is 16.6 Å². The average molecular weight is 302 g/mol. The van der Waals surface area contributed by atoms with Crippen molar-refractivity contribution in [3.05, 3.63) is 82.5 Å². The highest BCUT2D eigenvalue weighted by Crippen LogP contribution is 2.22. The summed E-state index contributed by atoms with van der Waals surface area (Å²) < 4.78 is 5.77. The molecule has 0 aliphatic carbocycles. The molecule has 0 atom stereocenters. The van der Waals surface area contributed by atoms with Gasteiger partial charge in [-0.3, -0.25) is 14.6 Å². The van der Waals surface area contributed by atoms with Crippen molar-refractivity contribution in [3.8, 4) is 0 Å². The van der Waals surface area contributed by atoms with Gasteiger partial charge < -0.3 is 4.42 Å². The van der Waals surface area contributed by atoms with Gasteiger partial charge in [0.15, 0.2) is 0 Å². The first kappa shape index (κ1) is 13.3. The molecule has 110 valence electrons. The molecule has 2 heterocycles. The number of carbonyl (C=O) groups is 1. The zero-order valence-corrected chi connectivity index (χ0v) is 11.9. The molecule has 0 fully saturated rings. The number of benzene rings is 2. The number of carbonyl (C=O) groups excluding carboxylic acids is 1. The first-order valence-corrected chi connectivity index (χ1v) is 7.01. The molecule has 0 saturated carbocycles. The molecule has 5 nitrogen and oxygen atoms in total. The van der Waals surface area contributed by atoms with Gasteiger partial charge in [-0.1, -0.05) is 18.2 Å². The number of aromatic nitrogens is 2. The van der Waals surface area contributed by atoms with Crippen molar-refractivity contribution in [2.24, 2.45) is 0 Å². The van der Waals surface area contributed by atoms with Crippen LogP contribution in [0.3, 0.4) is 0 Å². The number of hydrogen-bond donors (Lipinski definition) is 0. The number of ketones is 1. The highest BCUT2D eigenvalue weighted by atomic mass is 16.3. The third kappa shape index (κ3) is 2.10. The van der Waals surface area contributed by atoms with Gasteiger partial charge in [-0.15, -0.1) is 0 Å². The summed E-state index contributed by atoms with van der Waals surface area (Å²) in [7, 11) is 0. The molecule has 0 bridgehead atoms. The Morgan fingerprint density at radius 3 is 2.61 bits per heavy atom. The van der Waals surface area contributed by atoms with Gasteiger partial charge in [0.05, 0.1) is 17.0 Å². The summed E-state index contributed by atoms with van der Waals surface area (Å²) >= 11 is 0. The van der Waals surface area contributed by atoms with Crippen molar-refractivity contribution in [1.29, 1.82) is 0 Å². The molecule has 5 heteroatoms. The highest BCUT2D eigenvalue weighted by Gasteiger charge is 2.18. The Bertz CT molecular complexity index is 1100. The molecule has 4 aromatic rings. The lowest BCUT2D eigenvalue weighted by atomic mass is 10.0. The quantitative estimate of drug-likeness (QED) is 0.420. The Morgan fingerprint density at radius 1 is 0.957 bits per heavy atom. The van der Waals surface area contributed by atoms with Crippen molar-refractivity contribution < 1.29 is 9.21 Å². The van der Waals surface area contributed by atoms with Crippen LogP contribution in [-0.2, 0) is 0 Å². The highest BCUT2D eigenvalue weighted by molar-refractivity contribution is 6.15. The minimum atomic E-state index is -0.355. The molecule has 0 N–H and O–H groups in total. The van der Waals surface area contributed by atoms with Crippen LogP contribution in [0.4, 0.5) is 0 Å². The van der Waals surface area contributed by atoms with Gasteiger partial charge in [0.25, 0.3) is 0 Å². The summed E-state index contributed by atoms with van der Waals surface area (Å²) in [6.45, 7) is 0. The van der Waals surface area contributed by atoms with Crippen molar-refractivity contribution >= 4 is 27.7 Å². The average Bonchev–Trinajstić information content (AvgIpc) is 2.61. The lowest BCUT2D eigenvalue weighted by molar-refractivity contribution is 0.103. The maximum absolute atomic E-state index is 12.8. The van der Waals surface area contributed by atoms with Crippen LogP contribution in [0.25, 0.3) is 21.9 Å². The smallest absolute Gasteiger partial charge is 0.213 e. The SMILES string of the molecule is O=C(c1cnccn1)c1cccc2oc3ccccc3c(=O)c12. The molecule has 0 unspecified atom stereocenters. The minimum absolute atomic E-state index is 0.188. The molecule has 0 amide bonds. The van der Waals surface area contributed by atoms with Crippen molar-refractivity contribution in [2.45, 2.75) is 0 Å². The van der Waals surface area contributed by atoms with Crippen molar-refractivity contribution in [1.82, 2.24) is 9.97 Å². The van der Waals surface area contributed by atoms with E-state index in [1.165, 1.54) is 18.6 Å². The second-order valence-corrected chi connectivity index (χ2v) is 5.03. The Hall–Kier alpha value is -3.34. The van der Waals surface area contributed by atoms with E-state index < -0.39 is 0 Å². The van der Waals surface area contributed by atoms with E-state index in [1.54, 1.807) is 42.5 Å². The zero-order valence-electron chi connectivity index (χ0n) is 11.9. The second kappa shape index (κ2) is 5.14. The van der Waals surface area contributed by atoms with Crippen LogP contribution < -0.4 is 5.43 Å². The summed E-state index contributed by atoms with van der Waals surface area (Å²) in [5.41, 5.74) is 1.10. The van der Waals surface area contributed by atoms with Gasteiger partial charge in [0.1, 0.15) is 16.9 Å². The number of fused-ring (bicyclic) bond motifs is 2. The van der Waals surface area contributed by atoms with E-state index in [9.17, 15) is 9.59 Å². The lowest BCUT2D eigenvalue weighted by Gasteiger charge is -2.06. The standard InChI is InChI=1S/C18H10N2O3/c21-17(13-10-19-8-9-20-13)12-5-3-7-15-16(12)18(22)11-4-1-2-6-14(11)23-15/h1-10H. The maximum Gasteiger partial charge on any atom is 0.213 e. The number of rotatable bonds is 2. The van der Waals surface area contributed by atoms with Gasteiger partial charge in [-0.25, -0.2) is 4.98 Å². The molecule has 0 radical (unpaired) electrons. The fourth-order valence-electron chi connectivity index (χ4n) is 2.59. The molecule has 0 aliphatic heterocycles. The molecule has 23 heavy (non-hydrogen) atoms. The van der Waals surface area contributed by atoms with Gasteiger partial charge in [0.2, 0.25) is 11.2 Å². The minimum Gasteiger partial charge on any atom is -0.456 e. The van der Waals surface area contributed by atoms with E-state index in [-0.39, 0.29) is 27.9 Å². The molecule has 4 rings (SSSR count). The Kier molecular flexibility index (Phi) is 2.98. The van der Waals surface area contributed by atoms with Crippen molar-refractivity contribution in [2.75, 3.05) is 0 Å². The van der Waals surface area contributed by atoms with Gasteiger partial charge in [-0.2, -0.15) is 0 Å². The monoisotopic (exact) mass is 302 g/mol. The summed E-state index contributed by atoms with van der Waals surface area (Å²) in [6, 6.07) is 11.9. The number of hydrogen-bond acceptors (Lipinski definition) is 5. The van der Waals surface area contributed by atoms with E-state index in [1.807, 2.05) is 0 Å². The van der Waals surface area contributed by atoms with E-state index in [2.05, 4.69) is 9.97 Å². The van der Waals surface area contributed by atoms with E-state index in [4.69, 9.17) is 4.42 Å². The number of nitrogens with zero attached hydrogens (tertiary/aromatic N) is 2. The van der Waals surface area contributed by atoms with E-state index >= 15 is 0 Å². The summed E-state index contributed by atoms with van der Waals surface area (Å²) in [4.78, 5) is 33.4. The normalized spacial score (nSPS) is 11.0. The topological polar surface area (TPSA) is 73.1 Å². The van der Waals surface area contributed by atoms with Gasteiger partial charge in [-0.05, 0) is 24.3 Å². The van der Waals surface area contributed by atoms with Crippen LogP contribution >= 0.6 is 0 Å². The van der Waals surface area contributed by atoms with Gasteiger partial charge >= 0.3 is 0 Å². The van der Waals surface area contributed by atoms with Crippen LogP contribution in [-0.4, -0.2) is 15.8 Å². The lowest BCUT2D eigenvalue weighted by Crippen LogP contribution is -2.11. The number of para-hydroxylation sites is 1. The Labute approximate surface area is 130 Å². The molecule has 0 spiro atoms. The first-order chi connectivity index (χ1) is 11.3. The van der Waals surface area contributed by atoms with Crippen LogP contribution in [0, 0.1) is 0 Å². The molecule has 0 saturated heterocycles. The Morgan fingerprint density at radius 2 is 1.78 bits per heavy atom. The molecule has 2 aromatic carbocycles. The molecule has 2 aromatic heterocycles. The fourth-order valence-corrected chi connectivity index (χ4v) is 2.59. The predicted molar refractivity (Wildman–Crippen MR) is 85.5 cm³/mol. The predicted octanol–water partition coefficient (Wildman–Crippen LogP) is 2.97. The van der Waals surface area contributed by atoms with Crippen LogP contribution in [0.1, 0.15) is 16.1 Å². The second-order valence-electron chi connectivity index (χ2n) is 5.03. The third-order valence-electron chi connectivity index (χ3n) is 3.65. The largest absolute Gasteiger partial charge is 0.456 e. The van der Waals surface area contributed by atoms with Crippen LogP contribution in [0.5, 0.6) is 0 Å². The third-order valence-corrected chi connectivity index (χ3v) is 3.65. The maximum atomic E-state index is 12.8.